The topological polar surface area (TPSA) is 118 Å². The Labute approximate surface area is 209 Å². The summed E-state index contributed by atoms with van der Waals surface area (Å²) in [5.41, 5.74) is 2.93. The van der Waals surface area contributed by atoms with E-state index in [-0.39, 0.29) is 22.1 Å². The molecule has 34 heavy (non-hydrogen) atoms. The number of hydrogen-bond acceptors (Lipinski definition) is 5. The number of hydrogen-bond donors (Lipinski definition) is 3. The Kier molecular flexibility index (Phi) is 7.45. The number of halogens is 5. The number of hydrazine groups is 1. The van der Waals surface area contributed by atoms with Crippen molar-refractivity contribution in [2.45, 2.75) is 20.0 Å². The van der Waals surface area contributed by atoms with Crippen molar-refractivity contribution in [2.24, 2.45) is 0 Å². The summed E-state index contributed by atoms with van der Waals surface area (Å²) in [5.74, 6) is -2.46. The molecule has 14 heteroatoms. The first-order valence-electron chi connectivity index (χ1n) is 9.35. The summed E-state index contributed by atoms with van der Waals surface area (Å²) < 4.78 is 41.4. The number of rotatable bonds is 4. The van der Waals surface area contributed by atoms with Crippen molar-refractivity contribution in [3.63, 3.8) is 0 Å². The molecule has 178 valence electrons. The third-order valence-electron chi connectivity index (χ3n) is 4.31. The second-order valence-electron chi connectivity index (χ2n) is 6.87. The average Bonchev–Trinajstić information content (AvgIpc) is 3.20. The quantitative estimate of drug-likeness (QED) is 0.308. The molecule has 0 spiro atoms. The van der Waals surface area contributed by atoms with Gasteiger partial charge in [0.2, 0.25) is 5.91 Å². The van der Waals surface area contributed by atoms with Crippen molar-refractivity contribution in [2.75, 3.05) is 5.32 Å². The van der Waals surface area contributed by atoms with E-state index in [1.54, 1.807) is 13.0 Å². The molecule has 3 amide bonds. The second kappa shape index (κ2) is 9.97. The fraction of sp³-hybridized carbons (Fsp3) is 0.150. The Bertz CT molecular complexity index is 1300. The molecule has 3 rings (SSSR count). The highest BCUT2D eigenvalue weighted by Gasteiger charge is 2.36. The number of anilines is 1. The Hall–Kier alpha value is -3.20. The predicted molar refractivity (Wildman–Crippen MR) is 125 cm³/mol. The van der Waals surface area contributed by atoms with Gasteiger partial charge >= 0.3 is 6.18 Å². The summed E-state index contributed by atoms with van der Waals surface area (Å²) in [6.07, 6.45) is -3.56. The molecule has 0 aliphatic rings. The van der Waals surface area contributed by atoms with E-state index in [9.17, 15) is 27.6 Å². The molecular weight excluding hydrogens is 592 g/mol. The van der Waals surface area contributed by atoms with Crippen LogP contribution in [-0.2, 0) is 11.0 Å². The Balaban J connectivity index is 2.07. The number of pyridine rings is 1. The van der Waals surface area contributed by atoms with Crippen molar-refractivity contribution >= 4 is 57.6 Å². The average molecular weight is 607 g/mol. The number of benzene rings is 1. The molecule has 3 N–H and O–H groups in total. The van der Waals surface area contributed by atoms with E-state index in [2.05, 4.69) is 26.3 Å². The van der Waals surface area contributed by atoms with Gasteiger partial charge in [-0.1, -0.05) is 11.6 Å². The normalized spacial score (nSPS) is 11.1. The van der Waals surface area contributed by atoms with E-state index in [4.69, 9.17) is 11.6 Å². The van der Waals surface area contributed by atoms with Crippen LogP contribution >= 0.6 is 34.2 Å². The van der Waals surface area contributed by atoms with Crippen LogP contribution in [0.4, 0.5) is 18.9 Å². The van der Waals surface area contributed by atoms with Crippen molar-refractivity contribution in [1.82, 2.24) is 25.6 Å². The number of alkyl halides is 3. The fourth-order valence-electron chi connectivity index (χ4n) is 2.85. The molecule has 0 fully saturated rings. The summed E-state index contributed by atoms with van der Waals surface area (Å²) in [6, 6.07) is 6.50. The summed E-state index contributed by atoms with van der Waals surface area (Å²) in [6.45, 7) is 2.78. The molecule has 0 radical (unpaired) electrons. The minimum Gasteiger partial charge on any atom is -0.320 e. The third-order valence-corrected chi connectivity index (χ3v) is 5.23. The molecule has 9 nitrogen and oxygen atoms in total. The number of aryl methyl sites for hydroxylation is 1. The van der Waals surface area contributed by atoms with Crippen LogP contribution in [0.15, 0.2) is 36.5 Å². The number of nitrogens with one attached hydrogen (secondary N) is 3. The van der Waals surface area contributed by atoms with Crippen LogP contribution < -0.4 is 16.2 Å². The van der Waals surface area contributed by atoms with Gasteiger partial charge in [0.25, 0.3) is 11.8 Å². The minimum atomic E-state index is -4.84. The monoisotopic (exact) mass is 606 g/mol. The maximum absolute atomic E-state index is 13.4. The molecule has 0 bridgehead atoms. The summed E-state index contributed by atoms with van der Waals surface area (Å²) in [5, 5.41) is 5.91. The first-order chi connectivity index (χ1) is 15.9. The first-order valence-corrected chi connectivity index (χ1v) is 10.8. The minimum absolute atomic E-state index is 0.0236. The van der Waals surface area contributed by atoms with Crippen LogP contribution in [0.5, 0.6) is 0 Å². The molecule has 3 aromatic rings. The maximum Gasteiger partial charge on any atom is 0.435 e. The summed E-state index contributed by atoms with van der Waals surface area (Å²) in [4.78, 5) is 40.8. The van der Waals surface area contributed by atoms with Crippen molar-refractivity contribution in [3.05, 3.63) is 67.6 Å². The van der Waals surface area contributed by atoms with Crippen LogP contribution in [-0.4, -0.2) is 32.5 Å². The smallest absolute Gasteiger partial charge is 0.320 e. The molecule has 0 saturated heterocycles. The molecular formula is C20H15ClF3IN6O3. The molecule has 0 aliphatic heterocycles. The number of nitrogens with zero attached hydrogens (tertiary/aromatic N) is 3. The molecule has 2 aromatic heterocycles. The first kappa shape index (κ1) is 25.4. The van der Waals surface area contributed by atoms with Gasteiger partial charge in [0, 0.05) is 22.8 Å². The van der Waals surface area contributed by atoms with E-state index >= 15 is 0 Å². The lowest BCUT2D eigenvalue weighted by Gasteiger charge is -2.15. The van der Waals surface area contributed by atoms with Gasteiger partial charge in [-0.05, 0) is 59.3 Å². The van der Waals surface area contributed by atoms with Gasteiger partial charge in [-0.25, -0.2) is 9.67 Å². The highest BCUT2D eigenvalue weighted by molar-refractivity contribution is 14.1. The Morgan fingerprint density at radius 2 is 1.82 bits per heavy atom. The van der Waals surface area contributed by atoms with Gasteiger partial charge in [0.1, 0.15) is 5.69 Å². The van der Waals surface area contributed by atoms with E-state index in [0.29, 0.717) is 19.9 Å². The Morgan fingerprint density at radius 1 is 1.12 bits per heavy atom. The van der Waals surface area contributed by atoms with E-state index in [1.165, 1.54) is 31.3 Å². The Morgan fingerprint density at radius 3 is 2.44 bits per heavy atom. The SMILES string of the molecule is CC(=O)NNC(=O)c1cc(I)cc(C)c1NC(=O)c1cc(C(F)(F)F)nn1-c1ncccc1Cl. The third kappa shape index (κ3) is 5.64. The second-order valence-corrected chi connectivity index (χ2v) is 8.52. The maximum atomic E-state index is 13.4. The molecule has 0 atom stereocenters. The van der Waals surface area contributed by atoms with Crippen LogP contribution in [0.3, 0.4) is 0 Å². The van der Waals surface area contributed by atoms with Gasteiger partial charge in [-0.3, -0.25) is 25.2 Å². The highest BCUT2D eigenvalue weighted by Crippen LogP contribution is 2.31. The van der Waals surface area contributed by atoms with Crippen molar-refractivity contribution in [1.29, 1.82) is 0 Å². The van der Waals surface area contributed by atoms with Gasteiger partial charge in [-0.2, -0.15) is 18.3 Å². The van der Waals surface area contributed by atoms with Gasteiger partial charge in [-0.15, -0.1) is 0 Å². The number of aromatic nitrogens is 3. The fourth-order valence-corrected chi connectivity index (χ4v) is 3.83. The molecule has 1 aromatic carbocycles. The van der Waals surface area contributed by atoms with Gasteiger partial charge in [0.15, 0.2) is 11.5 Å². The standard InChI is InChI=1S/C20H15ClF3IN6O3/c1-9-6-11(25)7-12(18(33)29-28-10(2)32)16(9)27-19(34)14-8-15(20(22,23)24)30-31(14)17-13(21)4-3-5-26-17/h3-8H,1-2H3,(H,27,34)(H,28,32)(H,29,33). The van der Waals surface area contributed by atoms with Crippen molar-refractivity contribution in [3.8, 4) is 5.82 Å². The van der Waals surface area contributed by atoms with Crippen LogP contribution in [0.2, 0.25) is 5.02 Å². The molecule has 2 heterocycles. The number of carbonyl (C=O) groups excluding carboxylic acids is 3. The number of amides is 3. The van der Waals surface area contributed by atoms with E-state index in [0.717, 1.165) is 0 Å². The molecule has 0 aliphatic carbocycles. The summed E-state index contributed by atoms with van der Waals surface area (Å²) in [7, 11) is 0. The molecule has 0 saturated carbocycles. The highest BCUT2D eigenvalue weighted by atomic mass is 127. The zero-order valence-electron chi connectivity index (χ0n) is 17.4. The lowest BCUT2D eigenvalue weighted by molar-refractivity contribution is -0.141. The van der Waals surface area contributed by atoms with E-state index in [1.807, 2.05) is 22.6 Å². The van der Waals surface area contributed by atoms with Gasteiger partial charge in [0.05, 0.1) is 16.3 Å². The lowest BCUT2D eigenvalue weighted by Crippen LogP contribution is -2.40. The summed E-state index contributed by atoms with van der Waals surface area (Å²) >= 11 is 8.02. The zero-order valence-corrected chi connectivity index (χ0v) is 20.3. The molecule has 0 unspecified atom stereocenters. The van der Waals surface area contributed by atoms with Crippen LogP contribution in [0, 0.1) is 10.5 Å². The van der Waals surface area contributed by atoms with Crippen LogP contribution in [0.25, 0.3) is 5.82 Å². The van der Waals surface area contributed by atoms with E-state index < -0.39 is 35.3 Å². The largest absolute Gasteiger partial charge is 0.435 e. The number of carbonyl (C=O) groups is 3. The lowest BCUT2D eigenvalue weighted by atomic mass is 10.1. The van der Waals surface area contributed by atoms with Crippen molar-refractivity contribution < 1.29 is 27.6 Å². The zero-order chi connectivity index (χ0) is 25.2. The van der Waals surface area contributed by atoms with Gasteiger partial charge < -0.3 is 5.32 Å². The predicted octanol–water partition coefficient (Wildman–Crippen LogP) is 3.89. The van der Waals surface area contributed by atoms with Crippen LogP contribution in [0.1, 0.15) is 39.0 Å².